The smallest absolute Gasteiger partial charge is 0.444 e. The van der Waals surface area contributed by atoms with Gasteiger partial charge in [-0.1, -0.05) is 0 Å². The van der Waals surface area contributed by atoms with Gasteiger partial charge in [-0.25, -0.2) is 14.8 Å². The van der Waals surface area contributed by atoms with Gasteiger partial charge in [0.15, 0.2) is 0 Å². The zero-order chi connectivity index (χ0) is 26.5. The van der Waals surface area contributed by atoms with Crippen LogP contribution in [0.4, 0.5) is 10.7 Å². The lowest BCUT2D eigenvalue weighted by atomic mass is 9.81. The number of nitrogens with zero attached hydrogens (tertiary/aromatic N) is 4. The summed E-state index contributed by atoms with van der Waals surface area (Å²) >= 11 is 0. The molecule has 1 N–H and O–H groups in total. The number of alkyl carbamates (subject to hydrolysis) is 1. The second kappa shape index (κ2) is 9.48. The molecule has 2 amide bonds. The van der Waals surface area contributed by atoms with Crippen molar-refractivity contribution in [3.63, 3.8) is 0 Å². The minimum absolute atomic E-state index is 0.115. The Balaban J connectivity index is 1.39. The predicted octanol–water partition coefficient (Wildman–Crippen LogP) is 2.26. The summed E-state index contributed by atoms with van der Waals surface area (Å²) in [5, 5.41) is 2.65. The summed E-state index contributed by atoms with van der Waals surface area (Å²) in [7, 11) is -0.503. The lowest BCUT2D eigenvalue weighted by Crippen LogP contribution is -2.48. The van der Waals surface area contributed by atoms with E-state index in [4.69, 9.17) is 14.0 Å². The molecule has 1 aromatic rings. The molecule has 3 aliphatic rings. The number of anilines is 1. The highest BCUT2D eigenvalue weighted by Gasteiger charge is 2.52. The van der Waals surface area contributed by atoms with E-state index >= 15 is 0 Å². The van der Waals surface area contributed by atoms with Crippen LogP contribution in [0, 0.1) is 0 Å². The number of hydrogen-bond acceptors (Lipinski definition) is 8. The lowest BCUT2D eigenvalue weighted by molar-refractivity contribution is -0.132. The molecule has 36 heavy (non-hydrogen) atoms. The van der Waals surface area contributed by atoms with Crippen molar-refractivity contribution in [3.8, 4) is 0 Å². The maximum atomic E-state index is 13.0. The average Bonchev–Trinajstić information content (AvgIpc) is 3.41. The number of rotatable bonds is 6. The number of aromatic nitrogens is 2. The van der Waals surface area contributed by atoms with Crippen molar-refractivity contribution in [2.75, 3.05) is 18.0 Å². The highest BCUT2D eigenvalue weighted by Crippen LogP contribution is 2.37. The molecule has 0 aromatic carbocycles. The number of carbonyl (C=O) groups is 2. The molecule has 1 saturated carbocycles. The van der Waals surface area contributed by atoms with Gasteiger partial charge in [0.2, 0.25) is 11.9 Å². The molecule has 3 heterocycles. The molecule has 2 atom stereocenters. The van der Waals surface area contributed by atoms with E-state index in [0.29, 0.717) is 25.1 Å². The highest BCUT2D eigenvalue weighted by atomic mass is 16.7. The molecule has 198 valence electrons. The Labute approximate surface area is 214 Å². The average molecular weight is 501 g/mol. The third-order valence-corrected chi connectivity index (χ3v) is 7.33. The van der Waals surface area contributed by atoms with Crippen molar-refractivity contribution in [1.29, 1.82) is 0 Å². The van der Waals surface area contributed by atoms with E-state index < -0.39 is 36.1 Å². The van der Waals surface area contributed by atoms with Crippen LogP contribution in [-0.4, -0.2) is 82.0 Å². The molecule has 10 nitrogen and oxygen atoms in total. The predicted molar refractivity (Wildman–Crippen MR) is 137 cm³/mol. The second-order valence-electron chi connectivity index (χ2n) is 12.1. The summed E-state index contributed by atoms with van der Waals surface area (Å²) in [4.78, 5) is 38.5. The van der Waals surface area contributed by atoms with Crippen LogP contribution in [0.2, 0.25) is 0 Å². The van der Waals surface area contributed by atoms with Gasteiger partial charge in [0.1, 0.15) is 11.6 Å². The molecule has 1 aromatic heterocycles. The van der Waals surface area contributed by atoms with E-state index in [2.05, 4.69) is 20.2 Å². The molecule has 3 fully saturated rings. The summed E-state index contributed by atoms with van der Waals surface area (Å²) in [6.45, 7) is 16.3. The third kappa shape index (κ3) is 5.77. The molecule has 0 unspecified atom stereocenters. The Morgan fingerprint density at radius 1 is 1.11 bits per heavy atom. The summed E-state index contributed by atoms with van der Waals surface area (Å²) < 4.78 is 17.5. The standard InChI is InChI=1S/C25H40BN5O5/c1-16(29-22(33)34-23(2,3)4)20(32)30-12-11-19(15-30)31(18-9-10-18)21-27-13-17(14-28-21)26-35-24(5,6)25(7,8)36-26/h13-14,16,18-19H,9-12,15H2,1-8H3,(H,29,33)/t16-,19+/m1/s1. The fraction of sp³-hybridized carbons (Fsp3) is 0.760. The fourth-order valence-electron chi connectivity index (χ4n) is 4.53. The quantitative estimate of drug-likeness (QED) is 0.592. The highest BCUT2D eigenvalue weighted by molar-refractivity contribution is 6.61. The first kappa shape index (κ1) is 26.7. The number of ether oxygens (including phenoxy) is 1. The number of amides is 2. The van der Waals surface area contributed by atoms with Gasteiger partial charge >= 0.3 is 13.2 Å². The number of nitrogens with one attached hydrogen (secondary N) is 1. The molecular weight excluding hydrogens is 461 g/mol. The van der Waals surface area contributed by atoms with Gasteiger partial charge in [0, 0.05) is 37.0 Å². The molecule has 1 aliphatic carbocycles. The zero-order valence-electron chi connectivity index (χ0n) is 22.8. The van der Waals surface area contributed by atoms with Crippen LogP contribution in [0.15, 0.2) is 12.4 Å². The fourth-order valence-corrected chi connectivity index (χ4v) is 4.53. The topological polar surface area (TPSA) is 106 Å². The van der Waals surface area contributed by atoms with Crippen LogP contribution in [0.5, 0.6) is 0 Å². The Morgan fingerprint density at radius 2 is 1.69 bits per heavy atom. The minimum Gasteiger partial charge on any atom is -0.444 e. The van der Waals surface area contributed by atoms with E-state index in [-0.39, 0.29) is 11.9 Å². The van der Waals surface area contributed by atoms with Crippen LogP contribution >= 0.6 is 0 Å². The molecule has 0 spiro atoms. The van der Waals surface area contributed by atoms with Crippen LogP contribution in [-0.2, 0) is 18.8 Å². The Kier molecular flexibility index (Phi) is 7.02. The van der Waals surface area contributed by atoms with Gasteiger partial charge in [0.05, 0.1) is 17.2 Å². The first-order valence-electron chi connectivity index (χ1n) is 12.9. The van der Waals surface area contributed by atoms with E-state index in [1.165, 1.54) is 0 Å². The summed E-state index contributed by atoms with van der Waals surface area (Å²) in [6, 6.07) is -0.161. The number of carbonyl (C=O) groups excluding carboxylic acids is 2. The molecule has 4 rings (SSSR count). The third-order valence-electron chi connectivity index (χ3n) is 7.33. The van der Waals surface area contributed by atoms with Crippen molar-refractivity contribution < 1.29 is 23.6 Å². The SMILES string of the molecule is C[C@@H](NC(=O)OC(C)(C)C)C(=O)N1CC[C@H](N(c2ncc(B3OC(C)(C)C(C)(C)O3)cn2)C2CC2)C1. The van der Waals surface area contributed by atoms with Crippen molar-refractivity contribution in [3.05, 3.63) is 12.4 Å². The van der Waals surface area contributed by atoms with E-state index in [1.807, 2.05) is 27.7 Å². The first-order valence-corrected chi connectivity index (χ1v) is 12.9. The molecule has 0 bridgehead atoms. The Bertz CT molecular complexity index is 960. The molecule has 11 heteroatoms. The van der Waals surface area contributed by atoms with E-state index in [9.17, 15) is 9.59 Å². The number of hydrogen-bond donors (Lipinski definition) is 1. The number of likely N-dealkylation sites (tertiary alicyclic amines) is 1. The van der Waals surface area contributed by atoms with Gasteiger partial charge in [-0.15, -0.1) is 0 Å². The van der Waals surface area contributed by atoms with Gasteiger partial charge < -0.3 is 29.2 Å². The molecule has 2 aliphatic heterocycles. The Morgan fingerprint density at radius 3 is 2.22 bits per heavy atom. The second-order valence-corrected chi connectivity index (χ2v) is 12.1. The summed E-state index contributed by atoms with van der Waals surface area (Å²) in [5.74, 6) is 0.549. The van der Waals surface area contributed by atoms with Gasteiger partial charge in [-0.05, 0) is 74.7 Å². The van der Waals surface area contributed by atoms with Crippen molar-refractivity contribution in [1.82, 2.24) is 20.2 Å². The van der Waals surface area contributed by atoms with Crippen LogP contribution in [0.3, 0.4) is 0 Å². The van der Waals surface area contributed by atoms with Crippen LogP contribution < -0.4 is 15.7 Å². The van der Waals surface area contributed by atoms with Gasteiger partial charge in [0.25, 0.3) is 0 Å². The van der Waals surface area contributed by atoms with Crippen molar-refractivity contribution in [2.24, 2.45) is 0 Å². The molecular formula is C25H40BN5O5. The molecule has 2 saturated heterocycles. The van der Waals surface area contributed by atoms with Crippen molar-refractivity contribution in [2.45, 2.75) is 110 Å². The lowest BCUT2D eigenvalue weighted by Gasteiger charge is -2.32. The van der Waals surface area contributed by atoms with Crippen molar-refractivity contribution >= 4 is 30.5 Å². The van der Waals surface area contributed by atoms with Gasteiger partial charge in [-0.3, -0.25) is 4.79 Å². The first-order chi connectivity index (χ1) is 16.7. The largest absolute Gasteiger partial charge is 0.498 e. The van der Waals surface area contributed by atoms with Gasteiger partial charge in [-0.2, -0.15) is 0 Å². The minimum atomic E-state index is -0.663. The monoisotopic (exact) mass is 501 g/mol. The van der Waals surface area contributed by atoms with E-state index in [1.54, 1.807) is 45.0 Å². The van der Waals surface area contributed by atoms with E-state index in [0.717, 1.165) is 24.7 Å². The summed E-state index contributed by atoms with van der Waals surface area (Å²) in [5.41, 5.74) is -0.676. The molecule has 0 radical (unpaired) electrons. The normalized spacial score (nSPS) is 23.9. The summed E-state index contributed by atoms with van der Waals surface area (Å²) in [6.07, 6.45) is 5.97. The zero-order valence-corrected chi connectivity index (χ0v) is 22.8. The maximum Gasteiger partial charge on any atom is 0.498 e. The van der Waals surface area contributed by atoms with Crippen LogP contribution in [0.25, 0.3) is 0 Å². The maximum absolute atomic E-state index is 13.0. The van der Waals surface area contributed by atoms with Crippen LogP contribution in [0.1, 0.15) is 74.7 Å². The Hall–Kier alpha value is -2.40.